The molecule has 2 aliphatic carbocycles. The molecule has 3 heterocycles. The molecule has 0 unspecified atom stereocenters. The Balaban J connectivity index is 1.26. The normalized spacial score (nSPS) is 27.4. The van der Waals surface area contributed by atoms with E-state index in [-0.39, 0.29) is 43.4 Å². The van der Waals surface area contributed by atoms with Crippen LogP contribution in [-0.4, -0.2) is 195 Å². The highest BCUT2D eigenvalue weighted by atomic mass is 19.1. The van der Waals surface area contributed by atoms with Crippen molar-refractivity contribution in [3.05, 3.63) is 65.2 Å². The molecule has 4 amide bonds. The third-order valence-corrected chi connectivity index (χ3v) is 16.4. The lowest BCUT2D eigenvalue weighted by Crippen LogP contribution is -2.55. The molecule has 0 radical (unpaired) electrons. The van der Waals surface area contributed by atoms with Crippen LogP contribution in [0.2, 0.25) is 0 Å². The summed E-state index contributed by atoms with van der Waals surface area (Å²) in [5.74, 6) is -7.57. The van der Waals surface area contributed by atoms with Gasteiger partial charge in [0.25, 0.3) is 23.6 Å². The van der Waals surface area contributed by atoms with Gasteiger partial charge in [0.15, 0.2) is 24.4 Å². The molecule has 82 heavy (non-hydrogen) atoms. The Kier molecular flexibility index (Phi) is 21.2. The van der Waals surface area contributed by atoms with Gasteiger partial charge in [-0.2, -0.15) is 0 Å². The van der Waals surface area contributed by atoms with Crippen LogP contribution in [0.5, 0.6) is 0 Å². The summed E-state index contributed by atoms with van der Waals surface area (Å²) in [5, 5.41) is 0. The third-order valence-electron chi connectivity index (χ3n) is 16.4. The highest BCUT2D eigenvalue weighted by molar-refractivity contribution is 5.94. The number of alkyl halides is 2. The Labute approximate surface area is 480 Å². The first-order valence-corrected chi connectivity index (χ1v) is 29.0. The molecular weight excluding hydrogens is 1060 g/mol. The van der Waals surface area contributed by atoms with Crippen LogP contribution in [0, 0.1) is 11.8 Å². The topological polar surface area (TPSA) is 208 Å². The predicted molar refractivity (Wildman–Crippen MR) is 298 cm³/mol. The number of carbonyl (C=O) groups excluding carboxylic acids is 8. The summed E-state index contributed by atoms with van der Waals surface area (Å²) in [6.45, 7) is 11.1. The standard InChI is InChI=1S/C61H85F2N5O14/c1-37-52(69)66(9)48(35-60(3,4)62)58(75)81-50(33-41-15-19-43(20-16-41)44-23-27-77-28-24-44)54(71)64(7)46(31-39-11-12-39)56(73)79-38(2)53(70)67(10)49(36-61(5,6)63)59(76)82-51(55(72)65(8)47(57(74)80-37)32-40-13-14-40)34-42-17-21-45(22-18-42)68-25-29-78-30-26-68/h15-22,37-40,44,46-51H,11-14,23-36H2,1-10H3/t37-,38-,46+,47+,48+,49+,50-,51-/m1/s1. The first kappa shape index (κ1) is 63.4. The van der Waals surface area contributed by atoms with Crippen molar-refractivity contribution in [2.24, 2.45) is 11.8 Å². The third kappa shape index (κ3) is 17.4. The average Bonchev–Trinajstić information content (AvgIpc) is 4.54. The maximum atomic E-state index is 15.9. The van der Waals surface area contributed by atoms with Crippen LogP contribution in [0.4, 0.5) is 14.5 Å². The van der Waals surface area contributed by atoms with E-state index in [1.807, 2.05) is 36.4 Å². The van der Waals surface area contributed by atoms with Gasteiger partial charge in [-0.15, -0.1) is 0 Å². The van der Waals surface area contributed by atoms with Crippen LogP contribution in [0.25, 0.3) is 0 Å². The van der Waals surface area contributed by atoms with Crippen LogP contribution in [0.1, 0.15) is 128 Å². The van der Waals surface area contributed by atoms with E-state index in [0.29, 0.717) is 50.6 Å². The number of halogens is 2. The van der Waals surface area contributed by atoms with Gasteiger partial charge in [-0.3, -0.25) is 19.2 Å². The Hall–Kier alpha value is -6.22. The summed E-state index contributed by atoms with van der Waals surface area (Å²) in [5.41, 5.74) is -1.10. The number of carbonyl (C=O) groups is 8. The number of esters is 4. The number of amides is 4. The quantitative estimate of drug-likeness (QED) is 0.155. The fraction of sp³-hybridized carbons (Fsp3) is 0.672. The molecule has 2 saturated carbocycles. The van der Waals surface area contributed by atoms with Crippen molar-refractivity contribution in [1.29, 1.82) is 0 Å². The first-order valence-electron chi connectivity index (χ1n) is 29.0. The van der Waals surface area contributed by atoms with Gasteiger partial charge in [0.05, 0.1) is 13.2 Å². The molecule has 2 aromatic carbocycles. The lowest BCUT2D eigenvalue weighted by atomic mass is 9.90. The van der Waals surface area contributed by atoms with Crippen LogP contribution in [0.3, 0.4) is 0 Å². The summed E-state index contributed by atoms with van der Waals surface area (Å²) in [4.78, 5) is 124. The second kappa shape index (κ2) is 27.4. The molecule has 3 aliphatic heterocycles. The number of benzene rings is 2. The zero-order valence-corrected chi connectivity index (χ0v) is 49.4. The van der Waals surface area contributed by atoms with E-state index in [0.717, 1.165) is 69.4 Å². The molecule has 21 heteroatoms. The number of likely N-dealkylation sites (N-methyl/N-ethyl adjacent to an activating group) is 4. The van der Waals surface area contributed by atoms with E-state index in [1.54, 1.807) is 12.1 Å². The van der Waals surface area contributed by atoms with Crippen molar-refractivity contribution in [3.8, 4) is 0 Å². The number of morpholine rings is 1. The fourth-order valence-electron chi connectivity index (χ4n) is 10.9. The van der Waals surface area contributed by atoms with Gasteiger partial charge in [-0.05, 0) is 114 Å². The summed E-state index contributed by atoms with van der Waals surface area (Å²) < 4.78 is 66.7. The summed E-state index contributed by atoms with van der Waals surface area (Å²) in [6, 6.07) is 8.72. The van der Waals surface area contributed by atoms with Gasteiger partial charge in [0, 0.05) is 85.9 Å². The van der Waals surface area contributed by atoms with E-state index < -0.39 is 120 Å². The molecule has 5 fully saturated rings. The molecule has 0 aromatic heterocycles. The smallest absolute Gasteiger partial charge is 0.329 e. The van der Waals surface area contributed by atoms with E-state index in [1.165, 1.54) is 69.7 Å². The van der Waals surface area contributed by atoms with Crippen LogP contribution < -0.4 is 4.90 Å². The minimum Gasteiger partial charge on any atom is -0.451 e. The Morgan fingerprint density at radius 2 is 0.817 bits per heavy atom. The predicted octanol–water partition coefficient (Wildman–Crippen LogP) is 6.09. The summed E-state index contributed by atoms with van der Waals surface area (Å²) in [7, 11) is 5.15. The number of rotatable bonds is 14. The van der Waals surface area contributed by atoms with Crippen LogP contribution >= 0.6 is 0 Å². The van der Waals surface area contributed by atoms with Crippen molar-refractivity contribution in [2.75, 3.05) is 72.6 Å². The molecule has 0 N–H and O–H groups in total. The van der Waals surface area contributed by atoms with Gasteiger partial charge in [-0.25, -0.2) is 28.0 Å². The van der Waals surface area contributed by atoms with Crippen LogP contribution in [-0.2, 0) is 79.6 Å². The van der Waals surface area contributed by atoms with Crippen molar-refractivity contribution < 1.29 is 75.6 Å². The second-order valence-electron chi connectivity index (χ2n) is 24.4. The molecule has 3 saturated heterocycles. The Bertz CT molecular complexity index is 2400. The van der Waals surface area contributed by atoms with Gasteiger partial charge in [0.1, 0.15) is 35.5 Å². The number of anilines is 1. The van der Waals surface area contributed by atoms with Gasteiger partial charge in [0.2, 0.25) is 0 Å². The summed E-state index contributed by atoms with van der Waals surface area (Å²) >= 11 is 0. The van der Waals surface area contributed by atoms with Crippen molar-refractivity contribution in [3.63, 3.8) is 0 Å². The van der Waals surface area contributed by atoms with Crippen molar-refractivity contribution in [1.82, 2.24) is 19.6 Å². The number of ether oxygens (including phenoxy) is 6. The lowest BCUT2D eigenvalue weighted by molar-refractivity contribution is -0.176. The number of hydrogen-bond acceptors (Lipinski definition) is 15. The molecule has 8 atom stereocenters. The highest BCUT2D eigenvalue weighted by Gasteiger charge is 2.46. The average molecular weight is 1150 g/mol. The molecule has 0 bridgehead atoms. The molecule has 7 rings (SSSR count). The monoisotopic (exact) mass is 1150 g/mol. The minimum absolute atomic E-state index is 0.00805. The van der Waals surface area contributed by atoms with Crippen molar-refractivity contribution >= 4 is 53.2 Å². The molecule has 5 aliphatic rings. The maximum absolute atomic E-state index is 15.9. The number of hydrogen-bond donors (Lipinski definition) is 0. The largest absolute Gasteiger partial charge is 0.451 e. The molecule has 452 valence electrons. The number of cyclic esters (lactones) is 4. The van der Waals surface area contributed by atoms with Gasteiger partial charge >= 0.3 is 23.9 Å². The van der Waals surface area contributed by atoms with E-state index in [4.69, 9.17) is 28.4 Å². The highest BCUT2D eigenvalue weighted by Crippen LogP contribution is 2.37. The number of nitrogens with zero attached hydrogens (tertiary/aromatic N) is 5. The van der Waals surface area contributed by atoms with E-state index in [2.05, 4.69) is 4.90 Å². The molecular formula is C61H85F2N5O14. The van der Waals surface area contributed by atoms with Crippen LogP contribution in [0.15, 0.2) is 48.5 Å². The van der Waals surface area contributed by atoms with E-state index in [9.17, 15) is 28.8 Å². The van der Waals surface area contributed by atoms with Crippen molar-refractivity contribution in [2.45, 2.75) is 184 Å². The Morgan fingerprint density at radius 1 is 0.463 bits per heavy atom. The van der Waals surface area contributed by atoms with Gasteiger partial charge in [-0.1, -0.05) is 62.1 Å². The second-order valence-corrected chi connectivity index (χ2v) is 24.4. The SMILES string of the molecule is C[C@H]1OC(=O)[C@H](CC2CC2)N(C)C(=O)[C@@H](Cc2ccc(C3CCOCC3)cc2)OC(=O)[C@H](CC(C)(C)F)N(C)C(=O)[C@@H](C)OC(=O)[C@H](CC2CC2)N(C)C(=O)[C@@H](Cc2ccc(N3CCOCC3)cc2)OC(=O)[C@H](CC(C)(C)F)N(C)C1=O. The molecule has 19 nitrogen and oxygen atoms in total. The fourth-order valence-corrected chi connectivity index (χ4v) is 10.9. The Morgan fingerprint density at radius 3 is 1.20 bits per heavy atom. The zero-order valence-electron chi connectivity index (χ0n) is 49.4. The molecule has 2 aromatic rings. The van der Waals surface area contributed by atoms with Gasteiger partial charge < -0.3 is 52.9 Å². The first-order chi connectivity index (χ1) is 38.7. The zero-order chi connectivity index (χ0) is 59.8. The lowest BCUT2D eigenvalue weighted by Gasteiger charge is -2.35. The molecule has 0 spiro atoms. The summed E-state index contributed by atoms with van der Waals surface area (Å²) in [6.07, 6.45) is -3.38. The maximum Gasteiger partial charge on any atom is 0.329 e. The van der Waals surface area contributed by atoms with E-state index >= 15 is 18.4 Å². The minimum atomic E-state index is -2.10.